The molecular weight excluding hydrogens is 526 g/mol. The number of aryl methyl sites for hydroxylation is 1. The van der Waals surface area contributed by atoms with E-state index in [1.54, 1.807) is 12.1 Å². The van der Waals surface area contributed by atoms with E-state index in [4.69, 9.17) is 4.98 Å². The van der Waals surface area contributed by atoms with Crippen LogP contribution in [0.15, 0.2) is 58.8 Å². The lowest BCUT2D eigenvalue weighted by Crippen LogP contribution is -2.56. The number of nitrogens with one attached hydrogen (secondary N) is 1. The Bertz CT molecular complexity index is 1460. The van der Waals surface area contributed by atoms with Gasteiger partial charge < -0.3 is 0 Å². The van der Waals surface area contributed by atoms with Crippen LogP contribution in [0.2, 0.25) is 0 Å². The maximum Gasteiger partial charge on any atom is 0.257 e. The fraction of sp³-hybridized carbons (Fsp3) is 0.484. The summed E-state index contributed by atoms with van der Waals surface area (Å²) in [5.41, 5.74) is 4.65. The highest BCUT2D eigenvalue weighted by Crippen LogP contribution is 2.66. The number of nitrogens with zero attached hydrogens (tertiary/aromatic N) is 2. The van der Waals surface area contributed by atoms with E-state index in [0.29, 0.717) is 23.8 Å². The van der Waals surface area contributed by atoms with Crippen LogP contribution >= 0.6 is 11.3 Å². The van der Waals surface area contributed by atoms with Crippen LogP contribution in [0, 0.1) is 18.8 Å². The number of sulfonamides is 1. The van der Waals surface area contributed by atoms with Gasteiger partial charge in [-0.15, -0.1) is 11.3 Å². The third-order valence-corrected chi connectivity index (χ3v) is 12.3. The zero-order valence-electron chi connectivity index (χ0n) is 22.9. The largest absolute Gasteiger partial charge is 0.298 e. The lowest BCUT2D eigenvalue weighted by molar-refractivity contribution is -0.0296. The Balaban J connectivity index is 1.20. The summed E-state index contributed by atoms with van der Waals surface area (Å²) in [6, 6.07) is 15.4. The predicted octanol–water partition coefficient (Wildman–Crippen LogP) is 6.52. The predicted molar refractivity (Wildman–Crippen MR) is 156 cm³/mol. The molecule has 4 bridgehead atoms. The number of carbonyl (C=O) groups excluding carboxylic acids is 1. The first-order valence-corrected chi connectivity index (χ1v) is 16.4. The Hall–Kier alpha value is -2.55. The molecule has 1 amide bonds. The van der Waals surface area contributed by atoms with Gasteiger partial charge in [0, 0.05) is 29.4 Å². The van der Waals surface area contributed by atoms with Gasteiger partial charge in [0.15, 0.2) is 5.13 Å². The van der Waals surface area contributed by atoms with Gasteiger partial charge >= 0.3 is 0 Å². The Kier molecular flexibility index (Phi) is 6.71. The summed E-state index contributed by atoms with van der Waals surface area (Å²) in [5.74, 6) is 1.20. The second-order valence-electron chi connectivity index (χ2n) is 12.0. The summed E-state index contributed by atoms with van der Waals surface area (Å²) in [6.07, 6.45) is 7.41. The van der Waals surface area contributed by atoms with Crippen molar-refractivity contribution in [3.05, 3.63) is 76.3 Å². The molecule has 8 heteroatoms. The molecule has 7 rings (SSSR count). The van der Waals surface area contributed by atoms with Crippen molar-refractivity contribution < 1.29 is 13.2 Å². The highest BCUT2D eigenvalue weighted by Gasteiger charge is 2.59. The van der Waals surface area contributed by atoms with Crippen molar-refractivity contribution in [1.82, 2.24) is 9.29 Å². The summed E-state index contributed by atoms with van der Waals surface area (Å²) in [6.45, 7) is 6.59. The lowest BCUT2D eigenvalue weighted by Gasteiger charge is -2.62. The molecule has 39 heavy (non-hydrogen) atoms. The van der Waals surface area contributed by atoms with Crippen LogP contribution in [0.25, 0.3) is 0 Å². The quantitative estimate of drug-likeness (QED) is 0.338. The van der Waals surface area contributed by atoms with Crippen LogP contribution in [0.5, 0.6) is 0 Å². The van der Waals surface area contributed by atoms with Gasteiger partial charge in [-0.2, -0.15) is 4.31 Å². The zero-order chi connectivity index (χ0) is 27.4. The average molecular weight is 564 g/mol. The van der Waals surface area contributed by atoms with Crippen LogP contribution in [0.1, 0.15) is 79.6 Å². The summed E-state index contributed by atoms with van der Waals surface area (Å²) in [7, 11) is -3.56. The topological polar surface area (TPSA) is 79.4 Å². The van der Waals surface area contributed by atoms with E-state index in [2.05, 4.69) is 41.9 Å². The Morgan fingerprint density at radius 1 is 0.974 bits per heavy atom. The van der Waals surface area contributed by atoms with Gasteiger partial charge in [-0.1, -0.05) is 43.7 Å². The molecule has 4 aliphatic carbocycles. The maximum absolute atomic E-state index is 13.0. The van der Waals surface area contributed by atoms with Gasteiger partial charge in [0.1, 0.15) is 0 Å². The molecule has 1 heterocycles. The van der Waals surface area contributed by atoms with Crippen LogP contribution in [0.4, 0.5) is 5.13 Å². The third kappa shape index (κ3) is 4.64. The average Bonchev–Trinajstić information content (AvgIpc) is 3.38. The number of hydrogen-bond acceptors (Lipinski definition) is 5. The molecule has 1 aromatic heterocycles. The normalized spacial score (nSPS) is 27.7. The molecule has 4 atom stereocenters. The molecule has 4 aliphatic rings. The Morgan fingerprint density at radius 3 is 2.21 bits per heavy atom. The van der Waals surface area contributed by atoms with E-state index < -0.39 is 10.0 Å². The Labute approximate surface area is 235 Å². The van der Waals surface area contributed by atoms with E-state index in [-0.39, 0.29) is 21.6 Å². The fourth-order valence-electron chi connectivity index (χ4n) is 8.04. The molecule has 0 saturated heterocycles. The van der Waals surface area contributed by atoms with Gasteiger partial charge in [-0.3, -0.25) is 10.1 Å². The van der Waals surface area contributed by atoms with E-state index in [0.717, 1.165) is 24.0 Å². The van der Waals surface area contributed by atoms with Gasteiger partial charge in [0.2, 0.25) is 10.0 Å². The monoisotopic (exact) mass is 563 g/mol. The first-order valence-electron chi connectivity index (χ1n) is 14.1. The fourth-order valence-corrected chi connectivity index (χ4v) is 10.3. The highest BCUT2D eigenvalue weighted by molar-refractivity contribution is 7.89. The summed E-state index contributed by atoms with van der Waals surface area (Å²) < 4.78 is 27.0. The van der Waals surface area contributed by atoms with Crippen molar-refractivity contribution in [1.29, 1.82) is 0 Å². The number of amides is 1. The van der Waals surface area contributed by atoms with Crippen molar-refractivity contribution in [2.24, 2.45) is 11.8 Å². The van der Waals surface area contributed by atoms with Crippen molar-refractivity contribution in [3.8, 4) is 0 Å². The first kappa shape index (κ1) is 26.7. The number of hydrogen-bond donors (Lipinski definition) is 1. The van der Waals surface area contributed by atoms with Crippen LogP contribution < -0.4 is 5.32 Å². The minimum absolute atomic E-state index is 0.0783. The maximum atomic E-state index is 13.0. The lowest BCUT2D eigenvalue weighted by atomic mass is 9.42. The SMILES string of the molecule is CCN(CC)S(=O)(=O)c1ccc(C(=O)Nc2nc(C34C[C@@H]5C[C@@H](CC(c6ccc(C)cc6)(C5)C3)C4)cs2)cc1. The standard InChI is InChI=1S/C31H37N3O3S2/c1-4-34(5-2)39(36,37)26-12-8-24(9-13-26)28(35)33-29-32-27(19-38-29)31-17-22-14-23(18-31)16-30(15-22,20-31)25-10-6-21(3)7-11-25/h6-13,19,22-23H,4-5,14-18,20H2,1-3H3,(H,32,33,35)/t22-,23+,30?,31?. The van der Waals surface area contributed by atoms with E-state index in [9.17, 15) is 13.2 Å². The summed E-state index contributed by atoms with van der Waals surface area (Å²) in [4.78, 5) is 18.2. The molecular formula is C31H37N3O3S2. The third-order valence-electron chi connectivity index (χ3n) is 9.45. The van der Waals surface area contributed by atoms with Crippen LogP contribution in [0.3, 0.4) is 0 Å². The van der Waals surface area contributed by atoms with Crippen LogP contribution in [-0.4, -0.2) is 36.7 Å². The molecule has 2 aromatic carbocycles. The number of benzene rings is 2. The highest BCUT2D eigenvalue weighted by atomic mass is 32.2. The van der Waals surface area contributed by atoms with Gasteiger partial charge in [0.05, 0.1) is 10.6 Å². The van der Waals surface area contributed by atoms with Gasteiger partial charge in [-0.05, 0) is 92.5 Å². The molecule has 206 valence electrons. The molecule has 6 nitrogen and oxygen atoms in total. The molecule has 4 fully saturated rings. The van der Waals surface area contributed by atoms with Gasteiger partial charge in [-0.25, -0.2) is 13.4 Å². The van der Waals surface area contributed by atoms with E-state index in [1.165, 1.54) is 71.0 Å². The van der Waals surface area contributed by atoms with Crippen LogP contribution in [-0.2, 0) is 20.9 Å². The van der Waals surface area contributed by atoms with E-state index >= 15 is 0 Å². The Morgan fingerprint density at radius 2 is 1.59 bits per heavy atom. The summed E-state index contributed by atoms with van der Waals surface area (Å²) >= 11 is 1.49. The minimum atomic E-state index is -3.56. The second-order valence-corrected chi connectivity index (χ2v) is 14.8. The van der Waals surface area contributed by atoms with Crippen molar-refractivity contribution in [2.45, 2.75) is 75.0 Å². The smallest absolute Gasteiger partial charge is 0.257 e. The van der Waals surface area contributed by atoms with Gasteiger partial charge in [0.25, 0.3) is 5.91 Å². The van der Waals surface area contributed by atoms with Crippen molar-refractivity contribution >= 4 is 32.4 Å². The van der Waals surface area contributed by atoms with Crippen molar-refractivity contribution in [3.63, 3.8) is 0 Å². The molecule has 3 aromatic rings. The molecule has 4 saturated carbocycles. The zero-order valence-corrected chi connectivity index (χ0v) is 24.6. The second kappa shape index (κ2) is 9.82. The van der Waals surface area contributed by atoms with E-state index in [1.807, 2.05) is 13.8 Å². The molecule has 0 radical (unpaired) electrons. The molecule has 0 aliphatic heterocycles. The summed E-state index contributed by atoms with van der Waals surface area (Å²) in [5, 5.41) is 5.73. The number of thiazole rings is 1. The number of rotatable bonds is 8. The molecule has 1 N–H and O–H groups in total. The molecule has 2 unspecified atom stereocenters. The number of anilines is 1. The minimum Gasteiger partial charge on any atom is -0.298 e. The number of aromatic nitrogens is 1. The number of carbonyl (C=O) groups is 1. The first-order chi connectivity index (χ1) is 18.7. The van der Waals surface area contributed by atoms with Crippen molar-refractivity contribution in [2.75, 3.05) is 18.4 Å². The molecule has 0 spiro atoms.